The molecule has 1 N–H and O–H groups in total. The van der Waals surface area contributed by atoms with Crippen molar-refractivity contribution in [2.24, 2.45) is 0 Å². The maximum absolute atomic E-state index is 11.9. The van der Waals surface area contributed by atoms with Gasteiger partial charge in [-0.3, -0.25) is 4.79 Å². The van der Waals surface area contributed by atoms with Gasteiger partial charge in [0.1, 0.15) is 5.78 Å². The van der Waals surface area contributed by atoms with E-state index < -0.39 is 9.84 Å². The van der Waals surface area contributed by atoms with E-state index in [1.807, 2.05) is 0 Å². The number of ketones is 1. The van der Waals surface area contributed by atoms with Gasteiger partial charge in [-0.2, -0.15) is 0 Å². The Kier molecular flexibility index (Phi) is 9.16. The summed E-state index contributed by atoms with van der Waals surface area (Å²) in [5.41, 5.74) is 0. The summed E-state index contributed by atoms with van der Waals surface area (Å²) in [4.78, 5) is 11.9. The minimum absolute atomic E-state index is 0.121. The minimum Gasteiger partial charge on any atom is -0.312 e. The van der Waals surface area contributed by atoms with Crippen LogP contribution in [0.4, 0.5) is 0 Å². The van der Waals surface area contributed by atoms with Gasteiger partial charge in [0.2, 0.25) is 0 Å². The van der Waals surface area contributed by atoms with Crippen LogP contribution in [0.1, 0.15) is 71.1 Å². The first-order valence-electron chi connectivity index (χ1n) is 8.49. The van der Waals surface area contributed by atoms with Crippen molar-refractivity contribution >= 4 is 15.6 Å². The summed E-state index contributed by atoms with van der Waals surface area (Å²) in [6.45, 7) is 2.70. The predicted octanol–water partition coefficient (Wildman–Crippen LogP) is 2.86. The Labute approximate surface area is 130 Å². The number of unbranched alkanes of at least 4 members (excludes halogenated alkanes) is 7. The summed E-state index contributed by atoms with van der Waals surface area (Å²) in [6.07, 6.45) is 10.8. The number of nitrogens with one attached hydrogen (secondary N) is 1. The van der Waals surface area contributed by atoms with Crippen molar-refractivity contribution in [2.75, 3.05) is 18.1 Å². The molecule has 21 heavy (non-hydrogen) atoms. The van der Waals surface area contributed by atoms with Crippen molar-refractivity contribution in [1.29, 1.82) is 0 Å². The van der Waals surface area contributed by atoms with Gasteiger partial charge in [0, 0.05) is 25.4 Å². The molecule has 0 bridgehead atoms. The van der Waals surface area contributed by atoms with Crippen LogP contribution in [-0.4, -0.2) is 38.3 Å². The number of hydrogen-bond donors (Lipinski definition) is 1. The van der Waals surface area contributed by atoms with Gasteiger partial charge in [-0.05, 0) is 6.42 Å². The van der Waals surface area contributed by atoms with Crippen LogP contribution < -0.4 is 5.32 Å². The van der Waals surface area contributed by atoms with Crippen molar-refractivity contribution in [3.63, 3.8) is 0 Å². The fraction of sp³-hybridized carbons (Fsp3) is 0.938. The molecule has 0 saturated carbocycles. The van der Waals surface area contributed by atoms with Gasteiger partial charge in [0.15, 0.2) is 9.84 Å². The van der Waals surface area contributed by atoms with Gasteiger partial charge in [-0.15, -0.1) is 0 Å². The molecule has 1 aliphatic heterocycles. The van der Waals surface area contributed by atoms with Crippen molar-refractivity contribution in [2.45, 2.75) is 77.2 Å². The maximum atomic E-state index is 11.9. The lowest BCUT2D eigenvalue weighted by Gasteiger charge is -2.22. The average Bonchev–Trinajstić information content (AvgIpc) is 2.40. The van der Waals surface area contributed by atoms with Crippen molar-refractivity contribution < 1.29 is 13.2 Å². The molecule has 0 aromatic rings. The Balaban J connectivity index is 2.01. The molecule has 1 fully saturated rings. The third-order valence-corrected chi connectivity index (χ3v) is 5.82. The molecule has 0 amide bonds. The molecule has 0 spiro atoms. The summed E-state index contributed by atoms with van der Waals surface area (Å²) >= 11 is 0. The standard InChI is InChI=1S/C16H31NO3S/c1-2-3-4-5-6-7-8-9-10-16(18)13-15-14-21(19,20)12-11-17-15/h15,17H,2-14H2,1H3. The lowest BCUT2D eigenvalue weighted by atomic mass is 10.0. The van der Waals surface area contributed by atoms with Gasteiger partial charge in [0.25, 0.3) is 0 Å². The zero-order chi connectivity index (χ0) is 15.6. The number of hydrogen-bond acceptors (Lipinski definition) is 4. The molecule has 0 aliphatic carbocycles. The van der Waals surface area contributed by atoms with Gasteiger partial charge >= 0.3 is 0 Å². The fourth-order valence-electron chi connectivity index (χ4n) is 2.83. The van der Waals surface area contributed by atoms with E-state index in [1.165, 1.54) is 38.5 Å². The zero-order valence-corrected chi connectivity index (χ0v) is 14.2. The smallest absolute Gasteiger partial charge is 0.153 e. The SMILES string of the molecule is CCCCCCCCCCC(=O)CC1CS(=O)(=O)CCN1. The number of sulfone groups is 1. The van der Waals surface area contributed by atoms with Crippen LogP contribution in [0.3, 0.4) is 0 Å². The molecule has 0 radical (unpaired) electrons. The van der Waals surface area contributed by atoms with E-state index in [0.29, 0.717) is 19.4 Å². The van der Waals surface area contributed by atoms with Crippen LogP contribution in [0.5, 0.6) is 0 Å². The second-order valence-electron chi connectivity index (χ2n) is 6.23. The number of rotatable bonds is 11. The molecule has 0 aromatic carbocycles. The van der Waals surface area contributed by atoms with Crippen LogP contribution in [0.25, 0.3) is 0 Å². The minimum atomic E-state index is -2.93. The van der Waals surface area contributed by atoms with Crippen molar-refractivity contribution in [3.8, 4) is 0 Å². The Morgan fingerprint density at radius 2 is 1.67 bits per heavy atom. The van der Waals surface area contributed by atoms with E-state index in [1.54, 1.807) is 0 Å². The molecular formula is C16H31NO3S. The van der Waals surface area contributed by atoms with Crippen LogP contribution in [0, 0.1) is 0 Å². The van der Waals surface area contributed by atoms with Crippen molar-refractivity contribution in [1.82, 2.24) is 5.32 Å². The fourth-order valence-corrected chi connectivity index (χ4v) is 4.28. The Bertz CT molecular complexity index is 392. The van der Waals surface area contributed by atoms with Gasteiger partial charge in [-0.25, -0.2) is 8.42 Å². The van der Waals surface area contributed by atoms with Crippen LogP contribution >= 0.6 is 0 Å². The zero-order valence-electron chi connectivity index (χ0n) is 13.4. The number of carbonyl (C=O) groups excluding carboxylic acids is 1. The van der Waals surface area contributed by atoms with Gasteiger partial charge in [-0.1, -0.05) is 51.9 Å². The number of carbonyl (C=O) groups is 1. The monoisotopic (exact) mass is 317 g/mol. The van der Waals surface area contributed by atoms with Crippen LogP contribution in [-0.2, 0) is 14.6 Å². The Morgan fingerprint density at radius 3 is 2.29 bits per heavy atom. The largest absolute Gasteiger partial charge is 0.312 e. The van der Waals surface area contributed by atoms with E-state index in [-0.39, 0.29) is 23.3 Å². The third-order valence-electron chi connectivity index (χ3n) is 4.08. The molecule has 1 heterocycles. The number of Topliss-reactive ketones (excluding diaryl/α,β-unsaturated/α-hetero) is 1. The first-order valence-corrected chi connectivity index (χ1v) is 10.3. The first kappa shape index (κ1) is 18.6. The Morgan fingerprint density at radius 1 is 1.05 bits per heavy atom. The van der Waals surface area contributed by atoms with E-state index in [0.717, 1.165) is 12.8 Å². The summed E-state index contributed by atoms with van der Waals surface area (Å²) in [5, 5.41) is 3.14. The molecule has 1 saturated heterocycles. The third kappa shape index (κ3) is 9.25. The van der Waals surface area contributed by atoms with E-state index >= 15 is 0 Å². The predicted molar refractivity (Wildman–Crippen MR) is 87.3 cm³/mol. The lowest BCUT2D eigenvalue weighted by Crippen LogP contribution is -2.45. The summed E-state index contributed by atoms with van der Waals surface area (Å²) in [7, 11) is -2.93. The molecule has 5 heteroatoms. The van der Waals surface area contributed by atoms with E-state index in [2.05, 4.69) is 12.2 Å². The van der Waals surface area contributed by atoms with Gasteiger partial charge in [0.05, 0.1) is 11.5 Å². The van der Waals surface area contributed by atoms with E-state index in [4.69, 9.17) is 0 Å². The molecule has 1 rings (SSSR count). The molecule has 1 atom stereocenters. The second-order valence-corrected chi connectivity index (χ2v) is 8.46. The van der Waals surface area contributed by atoms with Gasteiger partial charge < -0.3 is 5.32 Å². The maximum Gasteiger partial charge on any atom is 0.153 e. The van der Waals surface area contributed by atoms with Crippen molar-refractivity contribution in [3.05, 3.63) is 0 Å². The highest BCUT2D eigenvalue weighted by molar-refractivity contribution is 7.91. The first-order chi connectivity index (χ1) is 10.0. The summed E-state index contributed by atoms with van der Waals surface area (Å²) in [6, 6.07) is -0.162. The molecule has 4 nitrogen and oxygen atoms in total. The highest BCUT2D eigenvalue weighted by Gasteiger charge is 2.25. The molecular weight excluding hydrogens is 286 g/mol. The summed E-state index contributed by atoms with van der Waals surface area (Å²) < 4.78 is 23.0. The topological polar surface area (TPSA) is 63.2 Å². The second kappa shape index (κ2) is 10.3. The molecule has 124 valence electrons. The average molecular weight is 317 g/mol. The normalized spacial score (nSPS) is 21.3. The lowest BCUT2D eigenvalue weighted by molar-refractivity contribution is -0.119. The summed E-state index contributed by atoms with van der Waals surface area (Å²) in [5.74, 6) is 0.530. The quantitative estimate of drug-likeness (QED) is 0.595. The highest BCUT2D eigenvalue weighted by Crippen LogP contribution is 2.12. The molecule has 0 aromatic heterocycles. The van der Waals surface area contributed by atoms with Crippen LogP contribution in [0.2, 0.25) is 0 Å². The highest BCUT2D eigenvalue weighted by atomic mass is 32.2. The Hall–Kier alpha value is -0.420. The van der Waals surface area contributed by atoms with E-state index in [9.17, 15) is 13.2 Å². The van der Waals surface area contributed by atoms with Crippen LogP contribution in [0.15, 0.2) is 0 Å². The molecule has 1 unspecified atom stereocenters. The molecule has 1 aliphatic rings.